The second-order valence-corrected chi connectivity index (χ2v) is 7.34. The van der Waals surface area contributed by atoms with E-state index in [0.717, 1.165) is 29.1 Å². The van der Waals surface area contributed by atoms with Gasteiger partial charge in [-0.2, -0.15) is 5.10 Å². The van der Waals surface area contributed by atoms with Gasteiger partial charge in [-0.25, -0.2) is 9.50 Å². The van der Waals surface area contributed by atoms with Gasteiger partial charge >= 0.3 is 0 Å². The lowest BCUT2D eigenvalue weighted by Gasteiger charge is -2.35. The lowest BCUT2D eigenvalue weighted by atomic mass is 10.0. The minimum Gasteiger partial charge on any atom is -0.345 e. The number of carbonyl (C=O) groups excluding carboxylic acids is 1. The average Bonchev–Trinajstić information content (AvgIpc) is 3.21. The van der Waals surface area contributed by atoms with Crippen LogP contribution in [0.4, 0.5) is 0 Å². The number of aromatic nitrogens is 3. The van der Waals surface area contributed by atoms with Gasteiger partial charge in [-0.3, -0.25) is 4.79 Å². The van der Waals surface area contributed by atoms with Crippen molar-refractivity contribution in [3.63, 3.8) is 0 Å². The van der Waals surface area contributed by atoms with Crippen LogP contribution in [-0.2, 0) is 0 Å². The van der Waals surface area contributed by atoms with Crippen molar-refractivity contribution in [2.24, 2.45) is 0 Å². The first-order chi connectivity index (χ1) is 14.2. The van der Waals surface area contributed by atoms with Gasteiger partial charge in [0.2, 0.25) is 0 Å². The van der Waals surface area contributed by atoms with Gasteiger partial charge in [-0.05, 0) is 13.0 Å². The van der Waals surface area contributed by atoms with Crippen LogP contribution in [0.2, 0.25) is 0 Å². The van der Waals surface area contributed by atoms with Crippen LogP contribution in [-0.4, -0.2) is 39.1 Å². The van der Waals surface area contributed by atoms with Gasteiger partial charge in [0.15, 0.2) is 11.3 Å². The molecule has 3 heterocycles. The zero-order valence-corrected chi connectivity index (χ0v) is 16.0. The van der Waals surface area contributed by atoms with Crippen LogP contribution in [0.15, 0.2) is 72.8 Å². The van der Waals surface area contributed by atoms with E-state index in [1.54, 1.807) is 10.6 Å². The molecule has 0 saturated carbocycles. The largest absolute Gasteiger partial charge is 0.345 e. The number of nitrogens with zero attached hydrogens (tertiary/aromatic N) is 3. The molecule has 6 nitrogen and oxygen atoms in total. The van der Waals surface area contributed by atoms with E-state index in [1.807, 2.05) is 66.7 Å². The Morgan fingerprint density at radius 1 is 1.03 bits per heavy atom. The molecule has 2 unspecified atom stereocenters. The first-order valence-corrected chi connectivity index (χ1v) is 9.75. The number of fused-ring (bicyclic) bond motifs is 1. The summed E-state index contributed by atoms with van der Waals surface area (Å²) < 4.78 is 1.75. The molecule has 0 spiro atoms. The van der Waals surface area contributed by atoms with Crippen molar-refractivity contribution in [1.29, 1.82) is 0 Å². The molecule has 4 aromatic rings. The molecule has 1 aliphatic rings. The zero-order chi connectivity index (χ0) is 19.8. The SMILES string of the molecule is CC1NCC1NC(=O)c1cc2nc(-c3ccccc3)cc(-c3ccccc3)n2n1. The van der Waals surface area contributed by atoms with Crippen molar-refractivity contribution in [2.75, 3.05) is 6.54 Å². The summed E-state index contributed by atoms with van der Waals surface area (Å²) in [6.45, 7) is 2.84. The van der Waals surface area contributed by atoms with Crippen LogP contribution in [0.1, 0.15) is 17.4 Å². The normalized spacial score (nSPS) is 18.4. The summed E-state index contributed by atoms with van der Waals surface area (Å²) in [5.74, 6) is -0.172. The van der Waals surface area contributed by atoms with Crippen molar-refractivity contribution >= 4 is 11.6 Å². The Labute approximate surface area is 168 Å². The average molecular weight is 383 g/mol. The van der Waals surface area contributed by atoms with E-state index in [4.69, 9.17) is 4.98 Å². The fraction of sp³-hybridized carbons (Fsp3) is 0.174. The molecule has 6 heteroatoms. The van der Waals surface area contributed by atoms with Crippen molar-refractivity contribution in [2.45, 2.75) is 19.0 Å². The van der Waals surface area contributed by atoms with Gasteiger partial charge in [-0.1, -0.05) is 60.7 Å². The number of hydrogen-bond donors (Lipinski definition) is 2. The third-order valence-corrected chi connectivity index (χ3v) is 5.38. The molecule has 1 fully saturated rings. The summed E-state index contributed by atoms with van der Waals surface area (Å²) in [4.78, 5) is 17.5. The van der Waals surface area contributed by atoms with Gasteiger partial charge in [0.25, 0.3) is 5.91 Å². The van der Waals surface area contributed by atoms with E-state index in [2.05, 4.69) is 22.7 Å². The van der Waals surface area contributed by atoms with Crippen molar-refractivity contribution < 1.29 is 4.79 Å². The number of hydrogen-bond acceptors (Lipinski definition) is 4. The Morgan fingerprint density at radius 3 is 2.34 bits per heavy atom. The Balaban J connectivity index is 1.62. The van der Waals surface area contributed by atoms with Crippen LogP contribution in [0, 0.1) is 0 Å². The van der Waals surface area contributed by atoms with Gasteiger partial charge < -0.3 is 10.6 Å². The fourth-order valence-electron chi connectivity index (χ4n) is 3.55. The van der Waals surface area contributed by atoms with Crippen molar-refractivity contribution in [3.05, 3.63) is 78.5 Å². The Bertz CT molecular complexity index is 1170. The third-order valence-electron chi connectivity index (χ3n) is 5.38. The molecule has 2 N–H and O–H groups in total. The predicted molar refractivity (Wildman–Crippen MR) is 113 cm³/mol. The summed E-state index contributed by atoms with van der Waals surface area (Å²) in [7, 11) is 0. The van der Waals surface area contributed by atoms with Crippen molar-refractivity contribution in [1.82, 2.24) is 25.2 Å². The number of carbonyl (C=O) groups is 1. The second kappa shape index (κ2) is 7.14. The molecular formula is C23H21N5O. The predicted octanol–water partition coefficient (Wildman–Crippen LogP) is 3.15. The van der Waals surface area contributed by atoms with Crippen LogP contribution in [0.3, 0.4) is 0 Å². The maximum atomic E-state index is 12.7. The number of amides is 1. The fourth-order valence-corrected chi connectivity index (χ4v) is 3.55. The first-order valence-electron chi connectivity index (χ1n) is 9.75. The van der Waals surface area contributed by atoms with E-state index < -0.39 is 0 Å². The van der Waals surface area contributed by atoms with Gasteiger partial charge in [0, 0.05) is 29.8 Å². The molecule has 0 radical (unpaired) electrons. The van der Waals surface area contributed by atoms with E-state index in [9.17, 15) is 4.79 Å². The van der Waals surface area contributed by atoms with Crippen LogP contribution >= 0.6 is 0 Å². The molecule has 1 amide bonds. The van der Waals surface area contributed by atoms with E-state index in [0.29, 0.717) is 11.3 Å². The third kappa shape index (κ3) is 3.28. The number of nitrogens with one attached hydrogen (secondary N) is 2. The summed E-state index contributed by atoms with van der Waals surface area (Å²) >= 11 is 0. The lowest BCUT2D eigenvalue weighted by Crippen LogP contribution is -2.63. The molecule has 144 valence electrons. The summed E-state index contributed by atoms with van der Waals surface area (Å²) in [6.07, 6.45) is 0. The highest BCUT2D eigenvalue weighted by Crippen LogP contribution is 2.26. The molecule has 0 bridgehead atoms. The Hall–Kier alpha value is -3.51. The van der Waals surface area contributed by atoms with Gasteiger partial charge in [-0.15, -0.1) is 0 Å². The monoisotopic (exact) mass is 383 g/mol. The molecule has 29 heavy (non-hydrogen) atoms. The van der Waals surface area contributed by atoms with Gasteiger partial charge in [0.1, 0.15) is 0 Å². The minimum atomic E-state index is -0.172. The highest BCUT2D eigenvalue weighted by atomic mass is 16.2. The minimum absolute atomic E-state index is 0.133. The van der Waals surface area contributed by atoms with E-state index in [1.165, 1.54) is 0 Å². The van der Waals surface area contributed by atoms with Crippen LogP contribution in [0.25, 0.3) is 28.2 Å². The highest BCUT2D eigenvalue weighted by molar-refractivity contribution is 5.94. The highest BCUT2D eigenvalue weighted by Gasteiger charge is 2.28. The van der Waals surface area contributed by atoms with Gasteiger partial charge in [0.05, 0.1) is 17.4 Å². The maximum absolute atomic E-state index is 12.7. The molecule has 1 aliphatic heterocycles. The molecule has 2 atom stereocenters. The Kier molecular flexibility index (Phi) is 4.33. The van der Waals surface area contributed by atoms with Crippen molar-refractivity contribution in [3.8, 4) is 22.5 Å². The van der Waals surface area contributed by atoms with Crippen LogP contribution in [0.5, 0.6) is 0 Å². The summed E-state index contributed by atoms with van der Waals surface area (Å²) in [5.41, 5.74) is 4.81. The molecule has 0 aliphatic carbocycles. The quantitative estimate of drug-likeness (QED) is 0.568. The molecule has 2 aromatic carbocycles. The standard InChI is InChI=1S/C23H21N5O/c1-15-20(14-24-15)26-23(29)19-13-22-25-18(16-8-4-2-5-9-16)12-21(28(22)27-19)17-10-6-3-7-11-17/h2-13,15,20,24H,14H2,1H3,(H,26,29). The second-order valence-electron chi connectivity index (χ2n) is 7.34. The Morgan fingerprint density at radius 2 is 1.72 bits per heavy atom. The molecule has 5 rings (SSSR count). The molecule has 2 aromatic heterocycles. The summed E-state index contributed by atoms with van der Waals surface area (Å²) in [6, 6.07) is 24.2. The number of rotatable bonds is 4. The zero-order valence-electron chi connectivity index (χ0n) is 16.0. The van der Waals surface area contributed by atoms with Crippen LogP contribution < -0.4 is 10.6 Å². The lowest BCUT2D eigenvalue weighted by molar-refractivity contribution is 0.0900. The first kappa shape index (κ1) is 17.6. The number of benzene rings is 2. The summed E-state index contributed by atoms with van der Waals surface area (Å²) in [5, 5.41) is 10.9. The van der Waals surface area contributed by atoms with E-state index >= 15 is 0 Å². The molecular weight excluding hydrogens is 362 g/mol. The maximum Gasteiger partial charge on any atom is 0.272 e. The topological polar surface area (TPSA) is 71.3 Å². The van der Waals surface area contributed by atoms with E-state index in [-0.39, 0.29) is 18.0 Å². The smallest absolute Gasteiger partial charge is 0.272 e. The molecule has 1 saturated heterocycles.